The van der Waals surface area contributed by atoms with Crippen molar-refractivity contribution in [1.82, 2.24) is 10.6 Å². The molecule has 0 fully saturated rings. The number of aliphatic carboxylic acids is 1. The highest BCUT2D eigenvalue weighted by Gasteiger charge is 2.23. The van der Waals surface area contributed by atoms with Crippen LogP contribution >= 0.6 is 0 Å². The van der Waals surface area contributed by atoms with Crippen LogP contribution in [0.25, 0.3) is 0 Å². The van der Waals surface area contributed by atoms with E-state index < -0.39 is 35.4 Å². The average molecular weight is 403 g/mol. The van der Waals surface area contributed by atoms with E-state index in [0.717, 1.165) is 32.1 Å². The lowest BCUT2D eigenvalue weighted by Gasteiger charge is -2.22. The topological polar surface area (TPSA) is 114 Å². The van der Waals surface area contributed by atoms with Crippen LogP contribution in [0.2, 0.25) is 0 Å². The summed E-state index contributed by atoms with van der Waals surface area (Å²) in [5.41, 5.74) is -1.15. The molecule has 0 heterocycles. The number of ether oxygens (including phenoxy) is 2. The highest BCUT2D eigenvalue weighted by molar-refractivity contribution is 5.79. The van der Waals surface area contributed by atoms with Crippen LogP contribution in [-0.4, -0.2) is 47.1 Å². The van der Waals surface area contributed by atoms with Crippen molar-refractivity contribution in [2.45, 2.75) is 104 Å². The maximum atomic E-state index is 11.7. The number of amides is 2. The summed E-state index contributed by atoms with van der Waals surface area (Å²) in [6.07, 6.45) is 4.70. The van der Waals surface area contributed by atoms with E-state index in [9.17, 15) is 19.5 Å². The number of rotatable bonds is 11. The van der Waals surface area contributed by atoms with E-state index in [0.29, 0.717) is 19.4 Å². The molecular weight excluding hydrogens is 364 g/mol. The number of hydrogen-bond acceptors (Lipinski definition) is 5. The van der Waals surface area contributed by atoms with E-state index in [2.05, 4.69) is 10.6 Å². The molecule has 2 amide bonds. The van der Waals surface area contributed by atoms with Crippen molar-refractivity contribution in [3.8, 4) is 0 Å². The first-order valence-electron chi connectivity index (χ1n) is 9.99. The second kappa shape index (κ2) is 12.5. The molecule has 8 nitrogen and oxygen atoms in total. The fourth-order valence-corrected chi connectivity index (χ4v) is 2.39. The number of carboxylic acids is 1. The van der Waals surface area contributed by atoms with Gasteiger partial charge in [0.15, 0.2) is 0 Å². The van der Waals surface area contributed by atoms with Gasteiger partial charge in [-0.2, -0.15) is 0 Å². The van der Waals surface area contributed by atoms with Crippen molar-refractivity contribution in [2.75, 3.05) is 6.54 Å². The lowest BCUT2D eigenvalue weighted by Crippen LogP contribution is -2.43. The standard InChI is InChI=1S/C20H38N2O6/c1-19(2,3)27-17(25)21-14-12-10-8-7-9-11-13-15(16(23)24)22-18(26)28-20(4,5)6/h15H,7-14H2,1-6H3,(H,21,25)(H,22,26)(H,23,24)/t15-/m0/s1. The minimum atomic E-state index is -1.06. The van der Waals surface area contributed by atoms with Crippen LogP contribution in [0.3, 0.4) is 0 Å². The number of carbonyl (C=O) groups excluding carboxylic acids is 2. The van der Waals surface area contributed by atoms with E-state index in [1.54, 1.807) is 20.8 Å². The molecule has 8 heteroatoms. The molecule has 0 aliphatic carbocycles. The minimum absolute atomic E-state index is 0.370. The number of carbonyl (C=O) groups is 3. The van der Waals surface area contributed by atoms with Gasteiger partial charge in [0.2, 0.25) is 0 Å². The van der Waals surface area contributed by atoms with Gasteiger partial charge in [-0.05, 0) is 54.4 Å². The first-order chi connectivity index (χ1) is 12.8. The normalized spacial score (nSPS) is 12.8. The fraction of sp³-hybridized carbons (Fsp3) is 0.850. The Morgan fingerprint density at radius 1 is 0.786 bits per heavy atom. The molecule has 0 spiro atoms. The van der Waals surface area contributed by atoms with Crippen LogP contribution in [0.5, 0.6) is 0 Å². The monoisotopic (exact) mass is 402 g/mol. The van der Waals surface area contributed by atoms with E-state index in [1.807, 2.05) is 20.8 Å². The molecule has 0 aromatic rings. The predicted molar refractivity (Wildman–Crippen MR) is 107 cm³/mol. The van der Waals surface area contributed by atoms with Crippen molar-refractivity contribution >= 4 is 18.2 Å². The van der Waals surface area contributed by atoms with Gasteiger partial charge < -0.3 is 25.2 Å². The van der Waals surface area contributed by atoms with E-state index in [1.165, 1.54) is 0 Å². The van der Waals surface area contributed by atoms with E-state index >= 15 is 0 Å². The van der Waals surface area contributed by atoms with Crippen molar-refractivity contribution in [2.24, 2.45) is 0 Å². The van der Waals surface area contributed by atoms with Crippen LogP contribution in [0, 0.1) is 0 Å². The summed E-state index contributed by atoms with van der Waals surface area (Å²) in [4.78, 5) is 34.4. The molecule has 0 bridgehead atoms. The average Bonchev–Trinajstić information content (AvgIpc) is 2.48. The Balaban J connectivity index is 3.80. The van der Waals surface area contributed by atoms with Crippen LogP contribution < -0.4 is 10.6 Å². The Morgan fingerprint density at radius 2 is 1.25 bits per heavy atom. The highest BCUT2D eigenvalue weighted by Crippen LogP contribution is 2.11. The smallest absolute Gasteiger partial charge is 0.408 e. The van der Waals surface area contributed by atoms with Gasteiger partial charge in [0, 0.05) is 6.54 Å². The molecule has 164 valence electrons. The number of alkyl carbamates (subject to hydrolysis) is 2. The van der Waals surface area contributed by atoms with Crippen LogP contribution in [-0.2, 0) is 14.3 Å². The number of nitrogens with one attached hydrogen (secondary N) is 2. The largest absolute Gasteiger partial charge is 0.480 e. The first-order valence-corrected chi connectivity index (χ1v) is 9.99. The second-order valence-electron chi connectivity index (χ2n) is 8.88. The number of hydrogen-bond donors (Lipinski definition) is 3. The predicted octanol–water partition coefficient (Wildman–Crippen LogP) is 4.22. The summed E-state index contributed by atoms with van der Waals surface area (Å²) in [5, 5.41) is 14.4. The molecular formula is C20H38N2O6. The molecule has 3 N–H and O–H groups in total. The van der Waals surface area contributed by atoms with Gasteiger partial charge >= 0.3 is 18.2 Å². The Hall–Kier alpha value is -1.99. The van der Waals surface area contributed by atoms with Crippen LogP contribution in [0.1, 0.15) is 86.5 Å². The lowest BCUT2D eigenvalue weighted by atomic mass is 10.1. The molecule has 0 aliphatic heterocycles. The molecule has 0 aromatic heterocycles. The molecule has 0 unspecified atom stereocenters. The molecule has 0 rings (SSSR count). The second-order valence-corrected chi connectivity index (χ2v) is 8.88. The van der Waals surface area contributed by atoms with Gasteiger partial charge in [-0.25, -0.2) is 14.4 Å². The van der Waals surface area contributed by atoms with Crippen molar-refractivity contribution in [3.05, 3.63) is 0 Å². The lowest BCUT2D eigenvalue weighted by molar-refractivity contribution is -0.139. The first kappa shape index (κ1) is 26.0. The summed E-state index contributed by atoms with van der Waals surface area (Å²) in [7, 11) is 0. The Kier molecular flexibility index (Phi) is 11.6. The third-order valence-electron chi connectivity index (χ3n) is 3.58. The maximum absolute atomic E-state index is 11.7. The molecule has 28 heavy (non-hydrogen) atoms. The van der Waals surface area contributed by atoms with Gasteiger partial charge in [0.05, 0.1) is 0 Å². The summed E-state index contributed by atoms with van der Waals surface area (Å²) < 4.78 is 10.2. The number of carboxylic acid groups (broad SMARTS) is 1. The highest BCUT2D eigenvalue weighted by atomic mass is 16.6. The van der Waals surface area contributed by atoms with Crippen LogP contribution in [0.4, 0.5) is 9.59 Å². The van der Waals surface area contributed by atoms with Crippen molar-refractivity contribution in [1.29, 1.82) is 0 Å². The fourth-order valence-electron chi connectivity index (χ4n) is 2.39. The summed E-state index contributed by atoms with van der Waals surface area (Å²) in [6.45, 7) is 11.2. The SMILES string of the molecule is CC(C)(C)OC(=O)NCCCCCCCC[C@H](NC(=O)OC(C)(C)C)C(=O)O. The summed E-state index contributed by atoms with van der Waals surface area (Å²) in [5.74, 6) is -1.06. The van der Waals surface area contributed by atoms with E-state index in [-0.39, 0.29) is 0 Å². The quantitative estimate of drug-likeness (QED) is 0.446. The van der Waals surface area contributed by atoms with Gasteiger partial charge in [0.1, 0.15) is 17.2 Å². The van der Waals surface area contributed by atoms with Gasteiger partial charge in [-0.15, -0.1) is 0 Å². The summed E-state index contributed by atoms with van der Waals surface area (Å²) >= 11 is 0. The Labute approximate surface area is 168 Å². The Morgan fingerprint density at radius 3 is 1.75 bits per heavy atom. The zero-order valence-corrected chi connectivity index (χ0v) is 18.2. The molecule has 0 saturated carbocycles. The third-order valence-corrected chi connectivity index (χ3v) is 3.58. The minimum Gasteiger partial charge on any atom is -0.480 e. The van der Waals surface area contributed by atoms with Crippen LogP contribution in [0.15, 0.2) is 0 Å². The van der Waals surface area contributed by atoms with Crippen molar-refractivity contribution < 1.29 is 29.0 Å². The van der Waals surface area contributed by atoms with Gasteiger partial charge in [-0.3, -0.25) is 0 Å². The third kappa shape index (κ3) is 16.2. The molecule has 0 aliphatic rings. The van der Waals surface area contributed by atoms with Crippen molar-refractivity contribution in [3.63, 3.8) is 0 Å². The molecule has 1 atom stereocenters. The zero-order chi connectivity index (χ0) is 21.8. The maximum Gasteiger partial charge on any atom is 0.408 e. The molecule has 0 aromatic carbocycles. The number of unbranched alkanes of at least 4 members (excludes halogenated alkanes) is 5. The van der Waals surface area contributed by atoms with E-state index in [4.69, 9.17) is 9.47 Å². The Bertz CT molecular complexity index is 494. The zero-order valence-electron chi connectivity index (χ0n) is 18.2. The van der Waals surface area contributed by atoms with Gasteiger partial charge in [0.25, 0.3) is 0 Å². The summed E-state index contributed by atoms with van der Waals surface area (Å²) in [6, 6.07) is -0.937. The van der Waals surface area contributed by atoms with Gasteiger partial charge in [-0.1, -0.05) is 32.1 Å². The molecule has 0 saturated heterocycles. The molecule has 0 radical (unpaired) electrons.